The number of ether oxygens (including phenoxy) is 4. The summed E-state index contributed by atoms with van der Waals surface area (Å²) in [6.07, 6.45) is 6.14. The number of nitrogens with zero attached hydrogens (tertiary/aromatic N) is 1. The fourth-order valence-corrected chi connectivity index (χ4v) is 6.32. The van der Waals surface area contributed by atoms with E-state index < -0.39 is 18.0 Å². The normalized spacial score (nSPS) is 23.1. The molecule has 2 aliphatic heterocycles. The van der Waals surface area contributed by atoms with E-state index in [4.69, 9.17) is 14.2 Å². The number of piperidine rings is 1. The maximum Gasteiger partial charge on any atom is 0.510 e. The van der Waals surface area contributed by atoms with Crippen molar-refractivity contribution in [1.29, 1.82) is 0 Å². The number of carbonyl (C=O) groups excluding carboxylic acids is 2. The average Bonchev–Trinajstić information content (AvgIpc) is 3.45. The zero-order chi connectivity index (χ0) is 27.6. The van der Waals surface area contributed by atoms with E-state index in [-0.39, 0.29) is 0 Å². The predicted octanol–water partition coefficient (Wildman–Crippen LogP) is 5.85. The van der Waals surface area contributed by atoms with Gasteiger partial charge >= 0.3 is 6.16 Å². The smallest absolute Gasteiger partial charge is 0.438 e. The van der Waals surface area contributed by atoms with Crippen LogP contribution >= 0.6 is 0 Å². The molecule has 4 rings (SSSR count). The van der Waals surface area contributed by atoms with Crippen LogP contribution in [0.25, 0.3) is 0 Å². The Morgan fingerprint density at radius 3 is 2.00 bits per heavy atom. The van der Waals surface area contributed by atoms with Crippen LogP contribution in [-0.2, 0) is 29.3 Å². The first-order chi connectivity index (χ1) is 18.3. The number of rotatable bonds is 8. The molecule has 0 amide bonds. The summed E-state index contributed by atoms with van der Waals surface area (Å²) in [6.45, 7) is 9.18. The second-order valence-corrected chi connectivity index (χ2v) is 10.3. The first-order valence-corrected chi connectivity index (χ1v) is 13.7. The van der Waals surface area contributed by atoms with Gasteiger partial charge in [-0.15, -0.1) is 0 Å². The SMILES string of the molecule is CCC1CC(OC)CC(C)[N+]12CCCC2.COC(=O)OC(C)OC(C=O)(c1ccccc1)c1ccccc1. The molecular weight excluding hydrogens is 482 g/mol. The number of benzene rings is 2. The molecule has 7 heteroatoms. The summed E-state index contributed by atoms with van der Waals surface area (Å²) in [6, 6.07) is 19.8. The lowest BCUT2D eigenvalue weighted by molar-refractivity contribution is -0.967. The quantitative estimate of drug-likeness (QED) is 0.186. The third-order valence-electron chi connectivity index (χ3n) is 8.30. The van der Waals surface area contributed by atoms with Gasteiger partial charge in [-0.3, -0.25) is 4.79 Å². The van der Waals surface area contributed by atoms with Crippen molar-refractivity contribution in [3.63, 3.8) is 0 Å². The Balaban J connectivity index is 0.000000230. The Hall–Kier alpha value is -2.74. The fraction of sp³-hybridized carbons (Fsp3) is 0.548. The maximum absolute atomic E-state index is 12.0. The van der Waals surface area contributed by atoms with Gasteiger partial charge in [0.05, 0.1) is 38.4 Å². The fourth-order valence-electron chi connectivity index (χ4n) is 6.32. The highest BCUT2D eigenvalue weighted by Crippen LogP contribution is 2.38. The maximum atomic E-state index is 12.0. The van der Waals surface area contributed by atoms with Gasteiger partial charge in [-0.05, 0) is 31.4 Å². The monoisotopic (exact) mass is 526 g/mol. The minimum atomic E-state index is -1.38. The number of aldehydes is 1. The summed E-state index contributed by atoms with van der Waals surface area (Å²) in [5.41, 5.74) is -0.0984. The first kappa shape index (κ1) is 29.8. The molecule has 2 aromatic rings. The highest BCUT2D eigenvalue weighted by molar-refractivity contribution is 5.72. The highest BCUT2D eigenvalue weighted by atomic mass is 16.8. The van der Waals surface area contributed by atoms with Gasteiger partial charge < -0.3 is 23.4 Å². The molecule has 0 saturated carbocycles. The van der Waals surface area contributed by atoms with Gasteiger partial charge in [-0.2, -0.15) is 0 Å². The van der Waals surface area contributed by atoms with Crippen molar-refractivity contribution in [1.82, 2.24) is 0 Å². The average molecular weight is 527 g/mol. The van der Waals surface area contributed by atoms with E-state index >= 15 is 0 Å². The summed E-state index contributed by atoms with van der Waals surface area (Å²) in [5.74, 6) is 0. The number of quaternary nitrogens is 1. The Bertz CT molecular complexity index is 952. The van der Waals surface area contributed by atoms with Crippen molar-refractivity contribution in [2.45, 2.75) is 83.0 Å². The zero-order valence-corrected chi connectivity index (χ0v) is 23.5. The molecule has 2 saturated heterocycles. The van der Waals surface area contributed by atoms with Crippen molar-refractivity contribution in [3.8, 4) is 0 Å². The summed E-state index contributed by atoms with van der Waals surface area (Å²) in [4.78, 5) is 23.3. The predicted molar refractivity (Wildman–Crippen MR) is 147 cm³/mol. The van der Waals surface area contributed by atoms with Gasteiger partial charge in [-0.25, -0.2) is 4.79 Å². The molecule has 0 aliphatic carbocycles. The second-order valence-electron chi connectivity index (χ2n) is 10.3. The minimum absolute atomic E-state index is 0.522. The van der Waals surface area contributed by atoms with Gasteiger partial charge in [0.2, 0.25) is 6.29 Å². The van der Waals surface area contributed by atoms with Gasteiger partial charge in [0.25, 0.3) is 0 Å². The van der Waals surface area contributed by atoms with Crippen LogP contribution in [0.15, 0.2) is 60.7 Å². The zero-order valence-electron chi connectivity index (χ0n) is 23.5. The van der Waals surface area contributed by atoms with Crippen molar-refractivity contribution < 1.29 is 33.0 Å². The summed E-state index contributed by atoms with van der Waals surface area (Å²) in [5, 5.41) is 0. The number of hydrogen-bond donors (Lipinski definition) is 0. The molecule has 38 heavy (non-hydrogen) atoms. The van der Waals surface area contributed by atoms with Crippen molar-refractivity contribution in [3.05, 3.63) is 71.8 Å². The van der Waals surface area contributed by atoms with Crippen molar-refractivity contribution in [2.75, 3.05) is 27.3 Å². The Morgan fingerprint density at radius 2 is 1.55 bits per heavy atom. The molecule has 2 heterocycles. The van der Waals surface area contributed by atoms with Crippen LogP contribution in [0.3, 0.4) is 0 Å². The van der Waals surface area contributed by atoms with Gasteiger partial charge in [0.1, 0.15) is 0 Å². The van der Waals surface area contributed by atoms with E-state index in [1.165, 1.54) is 63.7 Å². The molecule has 2 aromatic carbocycles. The summed E-state index contributed by atoms with van der Waals surface area (Å²) < 4.78 is 22.2. The number of hydrogen-bond acceptors (Lipinski definition) is 6. The highest BCUT2D eigenvalue weighted by Gasteiger charge is 2.48. The lowest BCUT2D eigenvalue weighted by Crippen LogP contribution is -2.63. The van der Waals surface area contributed by atoms with Crippen LogP contribution in [0.4, 0.5) is 4.79 Å². The van der Waals surface area contributed by atoms with E-state index in [1.54, 1.807) is 24.3 Å². The largest absolute Gasteiger partial charge is 0.510 e. The lowest BCUT2D eigenvalue weighted by atomic mass is 9.87. The van der Waals surface area contributed by atoms with E-state index in [1.807, 2.05) is 43.5 Å². The topological polar surface area (TPSA) is 71.1 Å². The molecule has 0 aromatic heterocycles. The molecule has 2 aliphatic rings. The van der Waals surface area contributed by atoms with E-state index in [2.05, 4.69) is 18.6 Å². The molecule has 4 atom stereocenters. The first-order valence-electron chi connectivity index (χ1n) is 13.7. The third kappa shape index (κ3) is 6.63. The molecule has 0 radical (unpaired) electrons. The molecule has 4 unspecified atom stereocenters. The van der Waals surface area contributed by atoms with Crippen molar-refractivity contribution >= 4 is 12.4 Å². The molecular formula is C31H44NO6+. The summed E-state index contributed by atoms with van der Waals surface area (Å²) in [7, 11) is 3.08. The van der Waals surface area contributed by atoms with Crippen LogP contribution in [0.5, 0.6) is 0 Å². The van der Waals surface area contributed by atoms with E-state index in [0.717, 1.165) is 12.1 Å². The van der Waals surface area contributed by atoms with E-state index in [0.29, 0.717) is 23.5 Å². The third-order valence-corrected chi connectivity index (χ3v) is 8.30. The second kappa shape index (κ2) is 13.9. The van der Waals surface area contributed by atoms with Crippen LogP contribution in [0, 0.1) is 0 Å². The molecule has 0 N–H and O–H groups in total. The van der Waals surface area contributed by atoms with Gasteiger partial charge in [0.15, 0.2) is 11.9 Å². The molecule has 2 fully saturated rings. The van der Waals surface area contributed by atoms with Crippen LogP contribution in [0.1, 0.15) is 64.0 Å². The molecule has 7 nitrogen and oxygen atoms in total. The standard InChI is InChI=1S/C18H18O5.C13H26NO/c1-14(22-17(20)21-2)23-18(13-19,15-9-5-3-6-10-15)16-11-7-4-8-12-16;1-4-12-10-13(15-3)9-11(2)14(12)7-5-6-8-14/h3-14H,1-2H3;11-13H,4-10H2,1-3H3/q;+1. The van der Waals surface area contributed by atoms with Gasteiger partial charge in [-0.1, -0.05) is 67.6 Å². The molecule has 208 valence electrons. The van der Waals surface area contributed by atoms with Gasteiger partial charge in [0, 0.05) is 32.8 Å². The minimum Gasteiger partial charge on any atom is -0.438 e. The Morgan fingerprint density at radius 1 is 1.00 bits per heavy atom. The summed E-state index contributed by atoms with van der Waals surface area (Å²) >= 11 is 0. The number of carbonyl (C=O) groups is 2. The van der Waals surface area contributed by atoms with Crippen LogP contribution in [-0.4, -0.2) is 68.7 Å². The number of methoxy groups -OCH3 is 2. The van der Waals surface area contributed by atoms with E-state index in [9.17, 15) is 9.59 Å². The molecule has 0 bridgehead atoms. The Kier molecular flexibility index (Phi) is 10.9. The van der Waals surface area contributed by atoms with Crippen LogP contribution < -0.4 is 0 Å². The lowest BCUT2D eigenvalue weighted by Gasteiger charge is -2.51. The van der Waals surface area contributed by atoms with Crippen LogP contribution in [0.2, 0.25) is 0 Å². The van der Waals surface area contributed by atoms with Crippen molar-refractivity contribution in [2.24, 2.45) is 0 Å². The Labute approximate surface area is 227 Å². The molecule has 1 spiro atoms.